The largest absolute Gasteiger partial charge is 0.487 e. The first-order chi connectivity index (χ1) is 9.50. The van der Waals surface area contributed by atoms with Gasteiger partial charge in [-0.1, -0.05) is 12.1 Å². The Morgan fingerprint density at radius 3 is 2.75 bits per heavy atom. The number of halogens is 1. The third-order valence-electron chi connectivity index (χ3n) is 3.67. The highest BCUT2D eigenvalue weighted by Gasteiger charge is 2.30. The summed E-state index contributed by atoms with van der Waals surface area (Å²) in [6.07, 6.45) is 2.64. The van der Waals surface area contributed by atoms with Crippen molar-refractivity contribution in [2.45, 2.75) is 31.9 Å². The first-order valence-electron chi connectivity index (χ1n) is 6.72. The Bertz CT molecular complexity index is 633. The molecule has 1 aliphatic rings. The summed E-state index contributed by atoms with van der Waals surface area (Å²) < 4.78 is 12.0. The van der Waals surface area contributed by atoms with Gasteiger partial charge in [0.2, 0.25) is 0 Å². The van der Waals surface area contributed by atoms with Crippen LogP contribution in [-0.2, 0) is 6.42 Å². The molecule has 0 fully saturated rings. The second-order valence-electron chi connectivity index (χ2n) is 5.78. The van der Waals surface area contributed by atoms with Crippen molar-refractivity contribution in [3.63, 3.8) is 0 Å². The van der Waals surface area contributed by atoms with Gasteiger partial charge in [-0.25, -0.2) is 0 Å². The molecule has 106 valence electrons. The van der Waals surface area contributed by atoms with Crippen molar-refractivity contribution >= 4 is 15.9 Å². The maximum Gasteiger partial charge on any atom is 0.174 e. The minimum atomic E-state index is -0.105. The van der Waals surface area contributed by atoms with E-state index in [9.17, 15) is 0 Å². The summed E-state index contributed by atoms with van der Waals surface area (Å²) in [6, 6.07) is 8.50. The lowest BCUT2D eigenvalue weighted by molar-refractivity contribution is 0.138. The van der Waals surface area contributed by atoms with Crippen molar-refractivity contribution in [1.29, 1.82) is 0 Å². The normalized spacial score (nSPS) is 17.6. The van der Waals surface area contributed by atoms with Crippen LogP contribution in [0.2, 0.25) is 0 Å². The predicted molar refractivity (Wildman–Crippen MR) is 82.2 cm³/mol. The van der Waals surface area contributed by atoms with Crippen LogP contribution < -0.4 is 10.1 Å². The molecule has 1 N–H and O–H groups in total. The van der Waals surface area contributed by atoms with Gasteiger partial charge in [-0.2, -0.15) is 0 Å². The van der Waals surface area contributed by atoms with Crippen molar-refractivity contribution < 1.29 is 9.15 Å². The zero-order valence-corrected chi connectivity index (χ0v) is 13.5. The second kappa shape index (κ2) is 4.93. The summed E-state index contributed by atoms with van der Waals surface area (Å²) in [7, 11) is 1.96. The highest BCUT2D eigenvalue weighted by atomic mass is 79.9. The molecule has 0 aliphatic carbocycles. The van der Waals surface area contributed by atoms with Crippen LogP contribution in [0.15, 0.2) is 39.6 Å². The quantitative estimate of drug-likeness (QED) is 0.918. The fraction of sp³-hybridized carbons (Fsp3) is 0.375. The number of rotatable bonds is 3. The molecule has 0 saturated carbocycles. The molecule has 0 amide bonds. The highest BCUT2D eigenvalue weighted by molar-refractivity contribution is 9.10. The number of fused-ring (bicyclic) bond motifs is 1. The van der Waals surface area contributed by atoms with E-state index in [1.54, 1.807) is 6.26 Å². The Balaban J connectivity index is 1.97. The van der Waals surface area contributed by atoms with Crippen LogP contribution in [0.4, 0.5) is 0 Å². The van der Waals surface area contributed by atoms with Crippen molar-refractivity contribution in [2.75, 3.05) is 7.05 Å². The fourth-order valence-electron chi connectivity index (χ4n) is 2.82. The summed E-state index contributed by atoms with van der Waals surface area (Å²) in [6.45, 7) is 4.24. The van der Waals surface area contributed by atoms with Crippen LogP contribution in [0.5, 0.6) is 5.75 Å². The first-order valence-corrected chi connectivity index (χ1v) is 7.51. The Labute approximate surface area is 127 Å². The van der Waals surface area contributed by atoms with E-state index < -0.39 is 0 Å². The number of nitrogens with one attached hydrogen (secondary N) is 1. The predicted octanol–water partition coefficient (Wildman–Crippen LogP) is 4.06. The zero-order chi connectivity index (χ0) is 14.3. The van der Waals surface area contributed by atoms with Crippen LogP contribution in [0.3, 0.4) is 0 Å². The van der Waals surface area contributed by atoms with E-state index in [1.807, 2.05) is 13.1 Å². The number of furan rings is 1. The van der Waals surface area contributed by atoms with Crippen molar-refractivity contribution in [1.82, 2.24) is 5.32 Å². The summed E-state index contributed by atoms with van der Waals surface area (Å²) in [5.74, 6) is 1.000. The standard InChI is InChI=1S/C16H18BrNO2/c1-16(2)9-11-8-10(4-5-13(11)20-16)14(18-3)12-6-7-19-15(12)17/h4-8,14,18H,9H2,1-3H3. The SMILES string of the molecule is CNC(c1ccc2c(c1)CC(C)(C)O2)c1ccoc1Br. The van der Waals surface area contributed by atoms with E-state index in [1.165, 1.54) is 11.1 Å². The zero-order valence-electron chi connectivity index (χ0n) is 11.9. The molecule has 0 radical (unpaired) electrons. The van der Waals surface area contributed by atoms with E-state index in [-0.39, 0.29) is 11.6 Å². The van der Waals surface area contributed by atoms with Crippen molar-refractivity contribution in [2.24, 2.45) is 0 Å². The molecule has 0 spiro atoms. The lowest BCUT2D eigenvalue weighted by Gasteiger charge is -2.17. The minimum absolute atomic E-state index is 0.105. The molecule has 1 aromatic carbocycles. The van der Waals surface area contributed by atoms with E-state index >= 15 is 0 Å². The van der Waals surface area contributed by atoms with Gasteiger partial charge in [0.1, 0.15) is 11.4 Å². The van der Waals surface area contributed by atoms with E-state index in [0.29, 0.717) is 0 Å². The summed E-state index contributed by atoms with van der Waals surface area (Å²) in [5.41, 5.74) is 3.49. The summed E-state index contributed by atoms with van der Waals surface area (Å²) in [4.78, 5) is 0. The van der Waals surface area contributed by atoms with Crippen LogP contribution in [-0.4, -0.2) is 12.6 Å². The van der Waals surface area contributed by atoms with Gasteiger partial charge in [-0.05, 0) is 60.1 Å². The number of hydrogen-bond acceptors (Lipinski definition) is 3. The smallest absolute Gasteiger partial charge is 0.174 e. The first kappa shape index (κ1) is 13.7. The lowest BCUT2D eigenvalue weighted by Crippen LogP contribution is -2.24. The average Bonchev–Trinajstić information content (AvgIpc) is 2.92. The molecule has 1 aliphatic heterocycles. The van der Waals surface area contributed by atoms with Crippen LogP contribution in [0.25, 0.3) is 0 Å². The maximum absolute atomic E-state index is 5.93. The van der Waals surface area contributed by atoms with Gasteiger partial charge in [-0.15, -0.1) is 0 Å². The number of ether oxygens (including phenoxy) is 1. The Morgan fingerprint density at radius 1 is 1.30 bits per heavy atom. The molecule has 2 heterocycles. The molecular formula is C16H18BrNO2. The Hall–Kier alpha value is -1.26. The second-order valence-corrected chi connectivity index (χ2v) is 6.50. The monoisotopic (exact) mass is 335 g/mol. The van der Waals surface area contributed by atoms with E-state index in [0.717, 1.165) is 22.4 Å². The van der Waals surface area contributed by atoms with Gasteiger partial charge in [-0.3, -0.25) is 0 Å². The van der Waals surface area contributed by atoms with Gasteiger partial charge < -0.3 is 14.5 Å². The molecule has 3 rings (SSSR count). The topological polar surface area (TPSA) is 34.4 Å². The van der Waals surface area contributed by atoms with Gasteiger partial charge in [0, 0.05) is 12.0 Å². The fourth-order valence-corrected chi connectivity index (χ4v) is 3.29. The Kier molecular flexibility index (Phi) is 3.38. The molecule has 1 unspecified atom stereocenters. The van der Waals surface area contributed by atoms with Crippen LogP contribution in [0.1, 0.15) is 36.6 Å². The van der Waals surface area contributed by atoms with Gasteiger partial charge >= 0.3 is 0 Å². The third kappa shape index (κ3) is 2.38. The minimum Gasteiger partial charge on any atom is -0.487 e. The van der Waals surface area contributed by atoms with Crippen molar-refractivity contribution in [3.8, 4) is 5.75 Å². The van der Waals surface area contributed by atoms with Gasteiger partial charge in [0.05, 0.1) is 12.3 Å². The molecule has 4 heteroatoms. The third-order valence-corrected chi connectivity index (χ3v) is 4.31. The lowest BCUT2D eigenvalue weighted by atomic mass is 9.96. The molecule has 3 nitrogen and oxygen atoms in total. The van der Waals surface area contributed by atoms with Gasteiger partial charge in [0.25, 0.3) is 0 Å². The number of hydrogen-bond donors (Lipinski definition) is 1. The van der Waals surface area contributed by atoms with Gasteiger partial charge in [0.15, 0.2) is 4.67 Å². The molecule has 0 saturated heterocycles. The van der Waals surface area contributed by atoms with E-state index in [2.05, 4.69) is 53.3 Å². The molecule has 20 heavy (non-hydrogen) atoms. The molecule has 1 aromatic heterocycles. The highest BCUT2D eigenvalue weighted by Crippen LogP contribution is 2.38. The summed E-state index contributed by atoms with van der Waals surface area (Å²) in [5, 5.41) is 3.34. The maximum atomic E-state index is 5.93. The number of benzene rings is 1. The molecule has 0 bridgehead atoms. The van der Waals surface area contributed by atoms with E-state index in [4.69, 9.17) is 9.15 Å². The summed E-state index contributed by atoms with van der Waals surface area (Å²) >= 11 is 3.45. The van der Waals surface area contributed by atoms with Crippen molar-refractivity contribution in [3.05, 3.63) is 51.9 Å². The average molecular weight is 336 g/mol. The van der Waals surface area contributed by atoms with Crippen LogP contribution in [0, 0.1) is 0 Å². The molecular weight excluding hydrogens is 318 g/mol. The van der Waals surface area contributed by atoms with Crippen LogP contribution >= 0.6 is 15.9 Å². The Morgan fingerprint density at radius 2 is 2.10 bits per heavy atom. The molecule has 2 aromatic rings. The molecule has 1 atom stereocenters.